The number of nitrogens with one attached hydrogen (secondary N) is 1. The van der Waals surface area contributed by atoms with Crippen LogP contribution in [0.1, 0.15) is 27.6 Å². The number of aliphatic carboxylic acids is 1. The van der Waals surface area contributed by atoms with E-state index in [1.807, 2.05) is 17.0 Å². The van der Waals surface area contributed by atoms with Gasteiger partial charge in [0.2, 0.25) is 0 Å². The molecule has 1 aliphatic rings. The van der Waals surface area contributed by atoms with Gasteiger partial charge in [-0.3, -0.25) is 9.52 Å². The molecule has 224 valence electrons. The first-order valence-electron chi connectivity index (χ1n) is 12.1. The van der Waals surface area contributed by atoms with Crippen LogP contribution in [0.5, 0.6) is 0 Å². The first-order chi connectivity index (χ1) is 19.6. The van der Waals surface area contributed by atoms with Crippen molar-refractivity contribution in [2.75, 3.05) is 40.7 Å². The predicted molar refractivity (Wildman–Crippen MR) is 145 cm³/mol. The van der Waals surface area contributed by atoms with Gasteiger partial charge in [0.1, 0.15) is 5.82 Å². The Morgan fingerprint density at radius 3 is 1.79 bits per heavy atom. The molecule has 3 aromatic carbocycles. The van der Waals surface area contributed by atoms with Crippen LogP contribution in [0.25, 0.3) is 0 Å². The fourth-order valence-corrected chi connectivity index (χ4v) is 5.02. The Hall–Kier alpha value is -4.66. The molecule has 0 atom stereocenters. The second-order valence-corrected chi connectivity index (χ2v) is 10.7. The fourth-order valence-electron chi connectivity index (χ4n) is 3.96. The van der Waals surface area contributed by atoms with Crippen molar-refractivity contribution >= 4 is 44.8 Å². The first-order valence-corrected chi connectivity index (χ1v) is 13.6. The van der Waals surface area contributed by atoms with Gasteiger partial charge in [-0.1, -0.05) is 0 Å². The molecule has 0 bridgehead atoms. The largest absolute Gasteiger partial charge is 0.490 e. The summed E-state index contributed by atoms with van der Waals surface area (Å²) >= 11 is 0. The van der Waals surface area contributed by atoms with Crippen molar-refractivity contribution in [3.63, 3.8) is 0 Å². The molecule has 0 spiro atoms. The number of halogens is 4. The SMILES string of the molecule is CC(=O)c1ccc(N2CCN(c3ccc(C(=O)O)cc3NS(=O)(=O)c3ccc(F)cc3)CC2)cc1.O=C(O)C(F)(F)F. The number of aromatic carboxylic acids is 1. The second kappa shape index (κ2) is 12.9. The summed E-state index contributed by atoms with van der Waals surface area (Å²) < 4.78 is 73.3. The third kappa shape index (κ3) is 8.19. The van der Waals surface area contributed by atoms with Crippen LogP contribution in [0.4, 0.5) is 34.6 Å². The van der Waals surface area contributed by atoms with Crippen molar-refractivity contribution in [1.29, 1.82) is 0 Å². The van der Waals surface area contributed by atoms with Crippen molar-refractivity contribution in [3.8, 4) is 0 Å². The molecule has 42 heavy (non-hydrogen) atoms. The quantitative estimate of drug-likeness (QED) is 0.260. The van der Waals surface area contributed by atoms with Crippen molar-refractivity contribution in [3.05, 3.63) is 83.7 Å². The van der Waals surface area contributed by atoms with Gasteiger partial charge in [-0.25, -0.2) is 22.4 Å². The Labute approximate surface area is 237 Å². The van der Waals surface area contributed by atoms with E-state index in [0.717, 1.165) is 30.0 Å². The number of nitrogens with zero attached hydrogens (tertiary/aromatic N) is 2. The summed E-state index contributed by atoms with van der Waals surface area (Å²) in [6.45, 7) is 3.93. The molecule has 0 saturated carbocycles. The Morgan fingerprint density at radius 1 is 0.810 bits per heavy atom. The summed E-state index contributed by atoms with van der Waals surface area (Å²) in [6, 6.07) is 16.1. The monoisotopic (exact) mass is 611 g/mol. The zero-order valence-electron chi connectivity index (χ0n) is 21.9. The lowest BCUT2D eigenvalue weighted by Crippen LogP contribution is -2.46. The van der Waals surface area contributed by atoms with Crippen molar-refractivity contribution < 1.29 is 50.6 Å². The molecule has 4 rings (SSSR count). The normalized spacial score (nSPS) is 13.5. The number of alkyl halides is 3. The maximum absolute atomic E-state index is 13.3. The van der Waals surface area contributed by atoms with E-state index in [0.29, 0.717) is 37.4 Å². The van der Waals surface area contributed by atoms with E-state index in [1.165, 1.54) is 19.1 Å². The highest BCUT2D eigenvalue weighted by atomic mass is 32.2. The second-order valence-electron chi connectivity index (χ2n) is 8.98. The number of Topliss-reactive ketones (excluding diaryl/α,β-unsaturated/α-hetero) is 1. The average Bonchev–Trinajstić information content (AvgIpc) is 2.93. The van der Waals surface area contributed by atoms with Gasteiger partial charge in [0.15, 0.2) is 5.78 Å². The van der Waals surface area contributed by atoms with E-state index >= 15 is 0 Å². The molecule has 3 aromatic rings. The molecular formula is C27H25F4N3O7S. The maximum Gasteiger partial charge on any atom is 0.490 e. The van der Waals surface area contributed by atoms with Crippen LogP contribution < -0.4 is 14.5 Å². The number of ketones is 1. The molecule has 0 radical (unpaired) electrons. The van der Waals surface area contributed by atoms with Crippen LogP contribution in [0, 0.1) is 5.82 Å². The van der Waals surface area contributed by atoms with Gasteiger partial charge in [0.05, 0.1) is 21.8 Å². The summed E-state index contributed by atoms with van der Waals surface area (Å²) in [5, 5.41) is 16.5. The topological polar surface area (TPSA) is 144 Å². The third-order valence-corrected chi connectivity index (χ3v) is 7.50. The van der Waals surface area contributed by atoms with Crippen LogP contribution in [0.15, 0.2) is 71.6 Å². The fraction of sp³-hybridized carbons (Fsp3) is 0.222. The smallest absolute Gasteiger partial charge is 0.478 e. The zero-order valence-corrected chi connectivity index (χ0v) is 22.7. The number of carbonyl (C=O) groups excluding carboxylic acids is 1. The Kier molecular flexibility index (Phi) is 9.78. The molecule has 3 N–H and O–H groups in total. The van der Waals surface area contributed by atoms with E-state index in [4.69, 9.17) is 9.90 Å². The number of carbonyl (C=O) groups is 3. The molecule has 0 unspecified atom stereocenters. The minimum atomic E-state index is -5.08. The lowest BCUT2D eigenvalue weighted by molar-refractivity contribution is -0.192. The molecule has 15 heteroatoms. The van der Waals surface area contributed by atoms with Crippen molar-refractivity contribution in [2.45, 2.75) is 18.0 Å². The Bertz CT molecular complexity index is 1550. The summed E-state index contributed by atoms with van der Waals surface area (Å²) in [5.41, 5.74) is 2.24. The van der Waals surface area contributed by atoms with Crippen LogP contribution in [0.3, 0.4) is 0 Å². The number of benzene rings is 3. The maximum atomic E-state index is 13.3. The highest BCUT2D eigenvalue weighted by molar-refractivity contribution is 7.92. The average molecular weight is 612 g/mol. The van der Waals surface area contributed by atoms with Crippen LogP contribution in [-0.4, -0.2) is 68.7 Å². The molecule has 1 saturated heterocycles. The van der Waals surface area contributed by atoms with Crippen molar-refractivity contribution in [1.82, 2.24) is 0 Å². The standard InChI is InChI=1S/C25H24FN3O5S.C2HF3O2/c1-17(30)18-2-7-21(8-3-18)28-12-14-29(15-13-28)24-11-4-19(25(31)32)16-23(24)27-35(33,34)22-9-5-20(26)6-10-22;3-2(4,5)1(6)7/h2-11,16,27H,12-15H2,1H3,(H,31,32);(H,6,7). The molecule has 1 fully saturated rings. The zero-order chi connectivity index (χ0) is 31.2. The minimum Gasteiger partial charge on any atom is -0.478 e. The van der Waals surface area contributed by atoms with E-state index < -0.39 is 34.0 Å². The molecular weight excluding hydrogens is 586 g/mol. The van der Waals surface area contributed by atoms with E-state index in [2.05, 4.69) is 9.62 Å². The minimum absolute atomic E-state index is 0.00166. The number of rotatable bonds is 7. The number of hydrogen-bond acceptors (Lipinski definition) is 7. The van der Waals surface area contributed by atoms with Gasteiger partial charge in [-0.05, 0) is 73.7 Å². The molecule has 0 aromatic heterocycles. The Balaban J connectivity index is 0.000000616. The molecule has 10 nitrogen and oxygen atoms in total. The number of hydrogen-bond donors (Lipinski definition) is 3. The number of piperazine rings is 1. The molecule has 0 amide bonds. The van der Waals surface area contributed by atoms with E-state index in [-0.39, 0.29) is 21.9 Å². The van der Waals surface area contributed by atoms with Gasteiger partial charge in [0.25, 0.3) is 10.0 Å². The number of carboxylic acids is 2. The molecule has 0 aliphatic carbocycles. The van der Waals surface area contributed by atoms with Gasteiger partial charge in [-0.15, -0.1) is 0 Å². The number of carboxylic acid groups (broad SMARTS) is 2. The lowest BCUT2D eigenvalue weighted by atomic mass is 10.1. The summed E-state index contributed by atoms with van der Waals surface area (Å²) in [5.74, 6) is -4.50. The van der Waals surface area contributed by atoms with Gasteiger partial charge >= 0.3 is 18.1 Å². The highest BCUT2D eigenvalue weighted by Crippen LogP contribution is 2.31. The van der Waals surface area contributed by atoms with Gasteiger partial charge in [0, 0.05) is 37.4 Å². The van der Waals surface area contributed by atoms with Crippen LogP contribution >= 0.6 is 0 Å². The molecule has 1 heterocycles. The summed E-state index contributed by atoms with van der Waals surface area (Å²) in [7, 11) is -4.07. The number of sulfonamides is 1. The number of anilines is 3. The van der Waals surface area contributed by atoms with Gasteiger partial charge in [-0.2, -0.15) is 13.2 Å². The molecule has 1 aliphatic heterocycles. The third-order valence-electron chi connectivity index (χ3n) is 6.11. The highest BCUT2D eigenvalue weighted by Gasteiger charge is 2.38. The lowest BCUT2D eigenvalue weighted by Gasteiger charge is -2.38. The van der Waals surface area contributed by atoms with Gasteiger partial charge < -0.3 is 20.0 Å². The van der Waals surface area contributed by atoms with Crippen LogP contribution in [-0.2, 0) is 14.8 Å². The van der Waals surface area contributed by atoms with E-state index in [9.17, 15) is 40.7 Å². The summed E-state index contributed by atoms with van der Waals surface area (Å²) in [6.07, 6.45) is -5.08. The summed E-state index contributed by atoms with van der Waals surface area (Å²) in [4.78, 5) is 35.9. The first kappa shape index (κ1) is 31.9. The van der Waals surface area contributed by atoms with Crippen LogP contribution in [0.2, 0.25) is 0 Å². The van der Waals surface area contributed by atoms with E-state index in [1.54, 1.807) is 18.2 Å². The van der Waals surface area contributed by atoms with Crippen molar-refractivity contribution in [2.24, 2.45) is 0 Å². The Morgan fingerprint density at radius 2 is 1.31 bits per heavy atom. The predicted octanol–water partition coefficient (Wildman–Crippen LogP) is 4.49.